The lowest BCUT2D eigenvalue weighted by atomic mass is 10.0. The summed E-state index contributed by atoms with van der Waals surface area (Å²) >= 11 is 1.19. The lowest BCUT2D eigenvalue weighted by Gasteiger charge is -2.20. The number of hydrogen-bond donors (Lipinski definition) is 2. The number of anilines is 1. The Hall–Kier alpha value is -2.93. The van der Waals surface area contributed by atoms with Gasteiger partial charge in [-0.2, -0.15) is 0 Å². The molecule has 7 heteroatoms. The maximum absolute atomic E-state index is 12.1. The van der Waals surface area contributed by atoms with Gasteiger partial charge in [-0.25, -0.2) is 0 Å². The summed E-state index contributed by atoms with van der Waals surface area (Å²) in [7, 11) is 0. The number of benzene rings is 2. The van der Waals surface area contributed by atoms with E-state index >= 15 is 0 Å². The molecule has 0 radical (unpaired) electrons. The Bertz CT molecular complexity index is 879. The lowest BCUT2D eigenvalue weighted by molar-refractivity contribution is -0.120. The highest BCUT2D eigenvalue weighted by Gasteiger charge is 2.23. The third-order valence-electron chi connectivity index (χ3n) is 4.00. The van der Waals surface area contributed by atoms with E-state index in [-0.39, 0.29) is 29.4 Å². The third-order valence-corrected chi connectivity index (χ3v) is 4.89. The highest BCUT2D eigenvalue weighted by Crippen LogP contribution is 2.25. The average molecular weight is 381 g/mol. The molecule has 0 saturated carbocycles. The molecular weight excluding hydrogens is 362 g/mol. The Morgan fingerprint density at radius 2 is 1.85 bits per heavy atom. The number of rotatable bonds is 5. The third kappa shape index (κ3) is 5.27. The summed E-state index contributed by atoms with van der Waals surface area (Å²) in [6.07, 6.45) is 0.294. The van der Waals surface area contributed by atoms with Crippen LogP contribution in [0.15, 0.2) is 59.6 Å². The van der Waals surface area contributed by atoms with E-state index in [9.17, 15) is 14.4 Å². The largest absolute Gasteiger partial charge is 0.325 e. The maximum Gasteiger partial charge on any atom is 0.234 e. The van der Waals surface area contributed by atoms with Crippen LogP contribution in [0.1, 0.15) is 35.3 Å². The molecule has 0 fully saturated rings. The predicted molar refractivity (Wildman–Crippen MR) is 107 cm³/mol. The Balaban J connectivity index is 1.58. The Morgan fingerprint density at radius 1 is 1.15 bits per heavy atom. The summed E-state index contributed by atoms with van der Waals surface area (Å²) in [5.74, 6) is -0.229. The quantitative estimate of drug-likeness (QED) is 0.779. The SMILES string of the molecule is CC(=O)c1ccc(NC(=O)CSC2=N[C@@H](c3ccccc3)CC(=O)N2)cc1. The zero-order valence-electron chi connectivity index (χ0n) is 14.8. The van der Waals surface area contributed by atoms with Gasteiger partial charge in [-0.05, 0) is 36.8 Å². The molecule has 3 rings (SSSR count). The van der Waals surface area contributed by atoms with Gasteiger partial charge >= 0.3 is 0 Å². The van der Waals surface area contributed by atoms with Crippen molar-refractivity contribution in [1.82, 2.24) is 5.32 Å². The number of amidine groups is 1. The van der Waals surface area contributed by atoms with Gasteiger partial charge in [-0.1, -0.05) is 42.1 Å². The van der Waals surface area contributed by atoms with Gasteiger partial charge in [0.1, 0.15) is 0 Å². The van der Waals surface area contributed by atoms with Gasteiger partial charge in [-0.3, -0.25) is 19.4 Å². The van der Waals surface area contributed by atoms with Crippen molar-refractivity contribution in [2.24, 2.45) is 4.99 Å². The first-order valence-electron chi connectivity index (χ1n) is 8.47. The summed E-state index contributed by atoms with van der Waals surface area (Å²) in [6, 6.07) is 16.1. The zero-order valence-corrected chi connectivity index (χ0v) is 15.6. The van der Waals surface area contributed by atoms with Gasteiger partial charge in [-0.15, -0.1) is 0 Å². The first kappa shape index (κ1) is 18.8. The number of nitrogens with one attached hydrogen (secondary N) is 2. The van der Waals surface area contributed by atoms with Gasteiger partial charge in [0.05, 0.1) is 18.2 Å². The normalized spacial score (nSPS) is 16.3. The fourth-order valence-electron chi connectivity index (χ4n) is 2.63. The molecule has 0 spiro atoms. The van der Waals surface area contributed by atoms with Crippen LogP contribution in [0.25, 0.3) is 0 Å². The molecule has 1 aliphatic rings. The number of carbonyl (C=O) groups is 3. The van der Waals surface area contributed by atoms with Crippen molar-refractivity contribution in [3.05, 3.63) is 65.7 Å². The van der Waals surface area contributed by atoms with E-state index < -0.39 is 0 Å². The molecule has 2 N–H and O–H groups in total. The van der Waals surface area contributed by atoms with E-state index in [0.717, 1.165) is 5.56 Å². The molecule has 0 unspecified atom stereocenters. The molecule has 6 nitrogen and oxygen atoms in total. The summed E-state index contributed by atoms with van der Waals surface area (Å²) in [6.45, 7) is 1.49. The van der Waals surface area contributed by atoms with Crippen LogP contribution < -0.4 is 10.6 Å². The van der Waals surface area contributed by atoms with E-state index in [1.54, 1.807) is 24.3 Å². The van der Waals surface area contributed by atoms with E-state index in [1.807, 2.05) is 30.3 Å². The Morgan fingerprint density at radius 3 is 2.52 bits per heavy atom. The molecule has 1 aliphatic heterocycles. The second-order valence-electron chi connectivity index (χ2n) is 6.08. The second kappa shape index (κ2) is 8.64. The Kier molecular flexibility index (Phi) is 6.03. The molecule has 138 valence electrons. The van der Waals surface area contributed by atoms with Crippen LogP contribution in [-0.4, -0.2) is 28.5 Å². The first-order chi connectivity index (χ1) is 13.0. The molecule has 27 heavy (non-hydrogen) atoms. The van der Waals surface area contributed by atoms with Gasteiger partial charge < -0.3 is 10.6 Å². The topological polar surface area (TPSA) is 87.6 Å². The fourth-order valence-corrected chi connectivity index (χ4v) is 3.35. The van der Waals surface area contributed by atoms with E-state index in [1.165, 1.54) is 18.7 Å². The van der Waals surface area contributed by atoms with Crippen LogP contribution in [0.3, 0.4) is 0 Å². The number of amides is 2. The monoisotopic (exact) mass is 381 g/mol. The van der Waals surface area contributed by atoms with Crippen LogP contribution in [0.4, 0.5) is 5.69 Å². The molecule has 1 atom stereocenters. The van der Waals surface area contributed by atoms with Gasteiger partial charge in [0.25, 0.3) is 0 Å². The van der Waals surface area contributed by atoms with Crippen LogP contribution in [0.5, 0.6) is 0 Å². The van der Waals surface area contributed by atoms with E-state index in [0.29, 0.717) is 22.8 Å². The van der Waals surface area contributed by atoms with Crippen molar-refractivity contribution >= 4 is 40.2 Å². The van der Waals surface area contributed by atoms with Gasteiger partial charge in [0.15, 0.2) is 11.0 Å². The zero-order chi connectivity index (χ0) is 19.2. The molecule has 0 aromatic heterocycles. The first-order valence-corrected chi connectivity index (χ1v) is 9.46. The molecule has 0 saturated heterocycles. The van der Waals surface area contributed by atoms with Crippen molar-refractivity contribution in [2.45, 2.75) is 19.4 Å². The minimum absolute atomic E-state index is 0.0255. The standard InChI is InChI=1S/C20H19N3O3S/c1-13(24)14-7-9-16(10-8-14)21-19(26)12-27-20-22-17(11-18(25)23-20)15-5-3-2-4-6-15/h2-10,17H,11-12H2,1H3,(H,21,26)(H,22,23,25)/t17-/m1/s1. The minimum Gasteiger partial charge on any atom is -0.325 e. The molecule has 0 aliphatic carbocycles. The van der Waals surface area contributed by atoms with Gasteiger partial charge in [0.2, 0.25) is 11.8 Å². The Labute approximate surface area is 161 Å². The van der Waals surface area contributed by atoms with Crippen molar-refractivity contribution in [1.29, 1.82) is 0 Å². The molecule has 2 amide bonds. The van der Waals surface area contributed by atoms with E-state index in [4.69, 9.17) is 0 Å². The van der Waals surface area contributed by atoms with Gasteiger partial charge in [0, 0.05) is 11.3 Å². The summed E-state index contributed by atoms with van der Waals surface area (Å²) < 4.78 is 0. The summed E-state index contributed by atoms with van der Waals surface area (Å²) in [5, 5.41) is 5.92. The number of ketones is 1. The fraction of sp³-hybridized carbons (Fsp3) is 0.200. The number of Topliss-reactive ketones (excluding diaryl/α,β-unsaturated/α-hetero) is 1. The van der Waals surface area contributed by atoms with Crippen LogP contribution >= 0.6 is 11.8 Å². The molecular formula is C20H19N3O3S. The average Bonchev–Trinajstić information content (AvgIpc) is 2.67. The summed E-state index contributed by atoms with van der Waals surface area (Å²) in [4.78, 5) is 39.9. The number of carbonyl (C=O) groups excluding carboxylic acids is 3. The van der Waals surface area contributed by atoms with Crippen LogP contribution in [-0.2, 0) is 9.59 Å². The molecule has 2 aromatic rings. The molecule has 2 aromatic carbocycles. The van der Waals surface area contributed by atoms with E-state index in [2.05, 4.69) is 15.6 Å². The van der Waals surface area contributed by atoms with Crippen LogP contribution in [0.2, 0.25) is 0 Å². The maximum atomic E-state index is 12.1. The summed E-state index contributed by atoms with van der Waals surface area (Å²) in [5.41, 5.74) is 2.18. The molecule has 0 bridgehead atoms. The minimum atomic E-state index is -0.232. The number of aliphatic imine (C=N–C) groups is 1. The van der Waals surface area contributed by atoms with Crippen molar-refractivity contribution in [2.75, 3.05) is 11.1 Å². The van der Waals surface area contributed by atoms with Crippen molar-refractivity contribution in [3.63, 3.8) is 0 Å². The van der Waals surface area contributed by atoms with Crippen molar-refractivity contribution < 1.29 is 14.4 Å². The predicted octanol–water partition coefficient (Wildman–Crippen LogP) is 3.18. The highest BCUT2D eigenvalue weighted by atomic mass is 32.2. The number of hydrogen-bond acceptors (Lipinski definition) is 5. The lowest BCUT2D eigenvalue weighted by Crippen LogP contribution is -2.35. The van der Waals surface area contributed by atoms with Crippen molar-refractivity contribution in [3.8, 4) is 0 Å². The number of thioether (sulfide) groups is 1. The smallest absolute Gasteiger partial charge is 0.234 e. The highest BCUT2D eigenvalue weighted by molar-refractivity contribution is 8.14. The molecule has 1 heterocycles. The second-order valence-corrected chi connectivity index (χ2v) is 7.05. The number of nitrogens with zero attached hydrogens (tertiary/aromatic N) is 1. The van der Waals surface area contributed by atoms with Crippen LogP contribution in [0, 0.1) is 0 Å².